The standard InChI is InChI=1S/C29H32N6O3S.C2H6/c1-6-10-23-25-24(33-15-17-34(18-16-33)28(36)38-29(2,3)4)13-14-30-27(25)35(26(23)21-19-31-32(5)20-21)39(37)22-11-8-7-9-12-22;1-2/h7-9,11-14,19-20H,15-18H2,1-5H3;1-2H3. The van der Waals surface area contributed by atoms with Crippen molar-refractivity contribution < 1.29 is 13.7 Å². The molecule has 1 unspecified atom stereocenters. The van der Waals surface area contributed by atoms with Gasteiger partial charge in [0, 0.05) is 51.2 Å². The predicted molar refractivity (Wildman–Crippen MR) is 164 cm³/mol. The number of aryl methyl sites for hydroxylation is 1. The Kier molecular flexibility index (Phi) is 9.18. The molecular weight excluding hydrogens is 536 g/mol. The van der Waals surface area contributed by atoms with Crippen LogP contribution in [0.25, 0.3) is 22.3 Å². The van der Waals surface area contributed by atoms with E-state index in [0.29, 0.717) is 42.4 Å². The predicted octanol–water partition coefficient (Wildman–Crippen LogP) is 5.46. The van der Waals surface area contributed by atoms with Gasteiger partial charge in [0.05, 0.1) is 33.4 Å². The van der Waals surface area contributed by atoms with Crippen LogP contribution in [0.15, 0.2) is 59.9 Å². The van der Waals surface area contributed by atoms with Gasteiger partial charge in [0.1, 0.15) is 5.60 Å². The largest absolute Gasteiger partial charge is 0.444 e. The molecule has 5 rings (SSSR count). The lowest BCUT2D eigenvalue weighted by molar-refractivity contribution is 0.0240. The Balaban J connectivity index is 0.00000189. The zero-order valence-electron chi connectivity index (χ0n) is 24.8. The maximum Gasteiger partial charge on any atom is 0.410 e. The molecular formula is C31H38N6O3S. The van der Waals surface area contributed by atoms with Crippen molar-refractivity contribution in [2.45, 2.75) is 52.0 Å². The van der Waals surface area contributed by atoms with Crippen LogP contribution in [0.1, 0.15) is 47.1 Å². The third-order valence-electron chi connectivity index (χ3n) is 6.40. The number of hydrogen-bond acceptors (Lipinski definition) is 6. The molecule has 1 atom stereocenters. The second-order valence-electron chi connectivity index (χ2n) is 10.3. The van der Waals surface area contributed by atoms with Crippen LogP contribution in [0.4, 0.5) is 10.5 Å². The van der Waals surface area contributed by atoms with Crippen molar-refractivity contribution in [1.29, 1.82) is 0 Å². The first-order chi connectivity index (χ1) is 19.7. The quantitative estimate of drug-likeness (QED) is 0.301. The molecule has 4 aromatic rings. The Bertz CT molecular complexity index is 1600. The number of piperazine rings is 1. The number of fused-ring (bicyclic) bond motifs is 1. The molecule has 1 aliphatic rings. The molecule has 9 nitrogen and oxygen atoms in total. The van der Waals surface area contributed by atoms with E-state index in [0.717, 1.165) is 22.2 Å². The number of hydrogen-bond donors (Lipinski definition) is 0. The Hall–Kier alpha value is -4.10. The molecule has 1 amide bonds. The Morgan fingerprint density at radius 3 is 2.32 bits per heavy atom. The summed E-state index contributed by atoms with van der Waals surface area (Å²) in [5.74, 6) is 6.35. The second-order valence-corrected chi connectivity index (χ2v) is 11.7. The average molecular weight is 575 g/mol. The number of nitrogens with zero attached hydrogens (tertiary/aromatic N) is 6. The molecule has 0 radical (unpaired) electrons. The summed E-state index contributed by atoms with van der Waals surface area (Å²) in [7, 11) is 0.270. The Labute approximate surface area is 244 Å². The van der Waals surface area contributed by atoms with Gasteiger partial charge in [-0.15, -0.1) is 5.92 Å². The summed E-state index contributed by atoms with van der Waals surface area (Å²) in [6.07, 6.45) is 5.09. The monoisotopic (exact) mass is 574 g/mol. The minimum atomic E-state index is -1.58. The van der Waals surface area contributed by atoms with Crippen LogP contribution in [0.3, 0.4) is 0 Å². The van der Waals surface area contributed by atoms with Crippen molar-refractivity contribution in [2.24, 2.45) is 7.05 Å². The third-order valence-corrected chi connectivity index (χ3v) is 7.76. The summed E-state index contributed by atoms with van der Waals surface area (Å²) < 4.78 is 23.1. The van der Waals surface area contributed by atoms with Crippen LogP contribution < -0.4 is 4.90 Å². The number of aromatic nitrogens is 4. The van der Waals surface area contributed by atoms with Gasteiger partial charge in [0.2, 0.25) is 0 Å². The van der Waals surface area contributed by atoms with Crippen molar-refractivity contribution >= 4 is 33.8 Å². The molecule has 1 aromatic carbocycles. The van der Waals surface area contributed by atoms with E-state index in [1.54, 1.807) is 32.9 Å². The second kappa shape index (κ2) is 12.6. The van der Waals surface area contributed by atoms with E-state index in [1.807, 2.05) is 84.3 Å². The first-order valence-corrected chi connectivity index (χ1v) is 14.9. The molecule has 1 fully saturated rings. The van der Waals surface area contributed by atoms with Crippen molar-refractivity contribution in [3.8, 4) is 23.1 Å². The zero-order valence-corrected chi connectivity index (χ0v) is 25.7. The minimum absolute atomic E-state index is 0.303. The van der Waals surface area contributed by atoms with Gasteiger partial charge in [0.25, 0.3) is 0 Å². The van der Waals surface area contributed by atoms with E-state index in [9.17, 15) is 9.00 Å². The molecule has 0 saturated carbocycles. The van der Waals surface area contributed by atoms with Gasteiger partial charge < -0.3 is 14.5 Å². The first kappa shape index (κ1) is 29.9. The normalized spacial score (nSPS) is 14.1. The number of carbonyl (C=O) groups excluding carboxylic acids is 1. The van der Waals surface area contributed by atoms with E-state index < -0.39 is 16.6 Å². The van der Waals surface area contributed by atoms with Crippen LogP contribution in [0.2, 0.25) is 0 Å². The SMILES string of the molecule is CC.CC#Cc1c(-c2cnn(C)c2)n(S(=O)c2ccccc2)c2nccc(N3CCN(C(=O)OC(C)(C)C)CC3)c12. The molecule has 3 aromatic heterocycles. The summed E-state index contributed by atoms with van der Waals surface area (Å²) in [5.41, 5.74) is 3.25. The maximum absolute atomic E-state index is 14.1. The van der Waals surface area contributed by atoms with Gasteiger partial charge in [-0.3, -0.25) is 4.68 Å². The summed E-state index contributed by atoms with van der Waals surface area (Å²) in [6.45, 7) is 13.7. The van der Waals surface area contributed by atoms with Gasteiger partial charge in [-0.25, -0.2) is 18.0 Å². The maximum atomic E-state index is 14.1. The molecule has 10 heteroatoms. The Morgan fingerprint density at radius 1 is 1.05 bits per heavy atom. The van der Waals surface area contributed by atoms with E-state index >= 15 is 0 Å². The van der Waals surface area contributed by atoms with Gasteiger partial charge in [0.15, 0.2) is 16.6 Å². The van der Waals surface area contributed by atoms with E-state index in [2.05, 4.69) is 21.8 Å². The fourth-order valence-corrected chi connectivity index (χ4v) is 5.99. The zero-order chi connectivity index (χ0) is 29.7. The fourth-order valence-electron chi connectivity index (χ4n) is 4.74. The number of amides is 1. The van der Waals surface area contributed by atoms with Crippen LogP contribution in [-0.4, -0.2) is 65.7 Å². The van der Waals surface area contributed by atoms with Crippen molar-refractivity contribution in [3.05, 3.63) is 60.6 Å². The first-order valence-electron chi connectivity index (χ1n) is 13.8. The van der Waals surface area contributed by atoms with Crippen molar-refractivity contribution in [2.75, 3.05) is 31.1 Å². The smallest absolute Gasteiger partial charge is 0.410 e. The number of benzene rings is 1. The topological polar surface area (TPSA) is 85.5 Å². The third kappa shape index (κ3) is 6.30. The lowest BCUT2D eigenvalue weighted by Crippen LogP contribution is -2.50. The van der Waals surface area contributed by atoms with Crippen LogP contribution in [0, 0.1) is 11.8 Å². The van der Waals surface area contributed by atoms with E-state index in [1.165, 1.54) is 0 Å². The molecule has 0 N–H and O–H groups in total. The molecule has 1 saturated heterocycles. The number of carbonyl (C=O) groups is 1. The molecule has 41 heavy (non-hydrogen) atoms. The van der Waals surface area contributed by atoms with Crippen molar-refractivity contribution in [3.63, 3.8) is 0 Å². The number of pyridine rings is 1. The number of ether oxygens (including phenoxy) is 1. The van der Waals surface area contributed by atoms with Gasteiger partial charge in [-0.1, -0.05) is 38.0 Å². The van der Waals surface area contributed by atoms with Gasteiger partial charge in [-0.05, 0) is 45.9 Å². The molecule has 0 spiro atoms. The summed E-state index contributed by atoms with van der Waals surface area (Å²) in [4.78, 5) is 22.0. The molecule has 4 heterocycles. The lowest BCUT2D eigenvalue weighted by Gasteiger charge is -2.37. The molecule has 0 aliphatic carbocycles. The van der Waals surface area contributed by atoms with Gasteiger partial charge in [-0.2, -0.15) is 5.10 Å². The van der Waals surface area contributed by atoms with E-state index in [-0.39, 0.29) is 6.09 Å². The molecule has 1 aliphatic heterocycles. The number of rotatable bonds is 4. The fraction of sp³-hybridized carbons (Fsp3) is 0.387. The summed E-state index contributed by atoms with van der Waals surface area (Å²) in [5, 5.41) is 5.21. The summed E-state index contributed by atoms with van der Waals surface area (Å²) in [6, 6.07) is 11.3. The highest BCUT2D eigenvalue weighted by Crippen LogP contribution is 2.39. The summed E-state index contributed by atoms with van der Waals surface area (Å²) >= 11 is 0. The van der Waals surface area contributed by atoms with Crippen molar-refractivity contribution in [1.82, 2.24) is 23.6 Å². The highest BCUT2D eigenvalue weighted by molar-refractivity contribution is 7.83. The van der Waals surface area contributed by atoms with Crippen LogP contribution in [-0.2, 0) is 22.8 Å². The highest BCUT2D eigenvalue weighted by atomic mass is 32.2. The highest BCUT2D eigenvalue weighted by Gasteiger charge is 2.30. The Morgan fingerprint density at radius 2 is 1.73 bits per heavy atom. The average Bonchev–Trinajstić information content (AvgIpc) is 3.54. The molecule has 216 valence electrons. The number of anilines is 1. The van der Waals surface area contributed by atoms with Crippen LogP contribution >= 0.6 is 0 Å². The minimum Gasteiger partial charge on any atom is -0.444 e. The molecule has 0 bridgehead atoms. The van der Waals surface area contributed by atoms with Crippen LogP contribution in [0.5, 0.6) is 0 Å². The van der Waals surface area contributed by atoms with E-state index in [4.69, 9.17) is 9.72 Å². The van der Waals surface area contributed by atoms with Gasteiger partial charge >= 0.3 is 6.09 Å². The lowest BCUT2D eigenvalue weighted by atomic mass is 10.1.